The Morgan fingerprint density at radius 3 is 2.74 bits per heavy atom. The predicted molar refractivity (Wildman–Crippen MR) is 94.4 cm³/mol. The summed E-state index contributed by atoms with van der Waals surface area (Å²) in [6.45, 7) is 10.2. The van der Waals surface area contributed by atoms with Crippen LogP contribution in [0.4, 0.5) is 0 Å². The molecule has 5 heteroatoms. The molecule has 1 aromatic heterocycles. The van der Waals surface area contributed by atoms with Crippen LogP contribution in [-0.4, -0.2) is 17.9 Å². The minimum absolute atomic E-state index is 0.584. The monoisotopic (exact) mass is 327 g/mol. The smallest absolute Gasteiger partial charge is 0.187 e. The van der Waals surface area contributed by atoms with Crippen LogP contribution < -0.4 is 0 Å². The molecule has 4 nitrogen and oxygen atoms in total. The van der Waals surface area contributed by atoms with Gasteiger partial charge in [-0.25, -0.2) is 4.98 Å². The molecule has 0 bridgehead atoms. The first-order valence-corrected chi connectivity index (χ1v) is 11.1. The molecule has 1 heterocycles. The molecule has 0 aliphatic rings. The Morgan fingerprint density at radius 1 is 1.30 bits per heavy atom. The zero-order valence-corrected chi connectivity index (χ0v) is 15.4. The van der Waals surface area contributed by atoms with E-state index < -0.39 is 8.32 Å². The highest BCUT2D eigenvalue weighted by molar-refractivity contribution is 6.71. The molecule has 1 aromatic carbocycles. The maximum absolute atomic E-state index is 9.22. The zero-order valence-electron chi connectivity index (χ0n) is 14.4. The molecule has 23 heavy (non-hydrogen) atoms. The van der Waals surface area contributed by atoms with Gasteiger partial charge < -0.3 is 8.99 Å². The van der Waals surface area contributed by atoms with Gasteiger partial charge in [0.15, 0.2) is 8.32 Å². The maximum Gasteiger partial charge on any atom is 0.187 e. The fraction of sp³-hybridized carbons (Fsp3) is 0.444. The Kier molecular flexibility index (Phi) is 5.75. The van der Waals surface area contributed by atoms with Gasteiger partial charge in [0.25, 0.3) is 0 Å². The van der Waals surface area contributed by atoms with Crippen molar-refractivity contribution in [2.45, 2.75) is 46.1 Å². The number of imidazole rings is 1. The van der Waals surface area contributed by atoms with Crippen LogP contribution in [-0.2, 0) is 17.6 Å². The van der Waals surface area contributed by atoms with Crippen molar-refractivity contribution in [3.8, 4) is 6.07 Å². The van der Waals surface area contributed by atoms with Crippen molar-refractivity contribution >= 4 is 8.32 Å². The molecule has 0 aliphatic carbocycles. The molecule has 0 saturated heterocycles. The highest BCUT2D eigenvalue weighted by Crippen LogP contribution is 2.20. The molecule has 2 aromatic rings. The van der Waals surface area contributed by atoms with Crippen molar-refractivity contribution in [3.63, 3.8) is 0 Å². The first kappa shape index (κ1) is 17.5. The third-order valence-electron chi connectivity index (χ3n) is 3.79. The lowest BCUT2D eigenvalue weighted by Crippen LogP contribution is -2.32. The summed E-state index contributed by atoms with van der Waals surface area (Å²) in [5.41, 5.74) is 2.78. The molecule has 0 N–H and O–H groups in total. The highest BCUT2D eigenvalue weighted by Gasteiger charge is 2.24. The fourth-order valence-corrected chi connectivity index (χ4v) is 5.50. The third kappa shape index (κ3) is 5.05. The van der Waals surface area contributed by atoms with Crippen LogP contribution >= 0.6 is 0 Å². The van der Waals surface area contributed by atoms with E-state index in [-0.39, 0.29) is 0 Å². The first-order chi connectivity index (χ1) is 10.9. The van der Waals surface area contributed by atoms with E-state index in [2.05, 4.69) is 42.6 Å². The summed E-state index contributed by atoms with van der Waals surface area (Å²) >= 11 is 0. The third-order valence-corrected chi connectivity index (χ3v) is 6.51. The number of aromatic nitrogens is 2. The van der Waals surface area contributed by atoms with Gasteiger partial charge >= 0.3 is 0 Å². The summed E-state index contributed by atoms with van der Waals surface area (Å²) in [6, 6.07) is 11.1. The van der Waals surface area contributed by atoms with Crippen LogP contribution in [0.1, 0.15) is 30.7 Å². The number of hydrogen-bond donors (Lipinski definition) is 0. The summed E-state index contributed by atoms with van der Waals surface area (Å²) in [7, 11) is -1.65. The molecular formula is C18H25N3OSi. The molecule has 2 rings (SSSR count). The van der Waals surface area contributed by atoms with Gasteiger partial charge in [0.1, 0.15) is 0 Å². The predicted octanol–water partition coefficient (Wildman–Crippen LogP) is 4.18. The SMILES string of the molecule is CC(C)C[Si](C)(C)OCc1cncn1Cc1ccccc1C#N. The Labute approximate surface area is 139 Å². The first-order valence-electron chi connectivity index (χ1n) is 8.02. The summed E-state index contributed by atoms with van der Waals surface area (Å²) in [6.07, 6.45) is 3.67. The molecule has 122 valence electrons. The van der Waals surface area contributed by atoms with E-state index in [4.69, 9.17) is 4.43 Å². The van der Waals surface area contributed by atoms with Crippen molar-refractivity contribution in [2.24, 2.45) is 5.92 Å². The molecule has 0 fully saturated rings. The van der Waals surface area contributed by atoms with Crippen molar-refractivity contribution in [1.29, 1.82) is 5.26 Å². The van der Waals surface area contributed by atoms with Crippen molar-refractivity contribution in [2.75, 3.05) is 0 Å². The minimum atomic E-state index is -1.65. The lowest BCUT2D eigenvalue weighted by Gasteiger charge is -2.25. The summed E-state index contributed by atoms with van der Waals surface area (Å²) < 4.78 is 8.30. The van der Waals surface area contributed by atoms with Crippen molar-refractivity contribution in [3.05, 3.63) is 53.6 Å². The molecule has 0 unspecified atom stereocenters. The minimum Gasteiger partial charge on any atom is -0.412 e. The van der Waals surface area contributed by atoms with E-state index in [1.54, 1.807) is 0 Å². The number of rotatable bonds is 7. The van der Waals surface area contributed by atoms with Gasteiger partial charge in [0.05, 0.1) is 43.0 Å². The topological polar surface area (TPSA) is 50.8 Å². The molecule has 0 radical (unpaired) electrons. The van der Waals surface area contributed by atoms with Crippen LogP contribution in [0.25, 0.3) is 0 Å². The van der Waals surface area contributed by atoms with Crippen LogP contribution in [0.15, 0.2) is 36.8 Å². The average Bonchev–Trinajstić information content (AvgIpc) is 2.92. The Hall–Kier alpha value is -1.90. The standard InChI is InChI=1S/C18H25N3OSi/c1-15(2)13-23(3,4)22-12-18-10-20-14-21(18)11-17-8-6-5-7-16(17)9-19/h5-8,10,14-15H,11-13H2,1-4H3. The van der Waals surface area contributed by atoms with Crippen molar-refractivity contribution < 1.29 is 4.43 Å². The molecular weight excluding hydrogens is 302 g/mol. The van der Waals surface area contributed by atoms with Gasteiger partial charge in [-0.1, -0.05) is 32.0 Å². The molecule has 0 aliphatic heterocycles. The van der Waals surface area contributed by atoms with Crippen LogP contribution in [0.5, 0.6) is 0 Å². The second-order valence-electron chi connectivity index (χ2n) is 6.93. The van der Waals surface area contributed by atoms with E-state index in [9.17, 15) is 5.26 Å². The van der Waals surface area contributed by atoms with Crippen LogP contribution in [0.3, 0.4) is 0 Å². The molecule has 0 amide bonds. The Balaban J connectivity index is 2.07. The summed E-state index contributed by atoms with van der Waals surface area (Å²) in [5, 5.41) is 9.22. The zero-order chi connectivity index (χ0) is 16.9. The quantitative estimate of drug-likeness (QED) is 0.717. The highest BCUT2D eigenvalue weighted by atomic mass is 28.4. The number of nitrogens with zero attached hydrogens (tertiary/aromatic N) is 3. The second kappa shape index (κ2) is 7.58. The van der Waals surface area contributed by atoms with Crippen molar-refractivity contribution in [1.82, 2.24) is 9.55 Å². The van der Waals surface area contributed by atoms with Gasteiger partial charge in [-0.15, -0.1) is 0 Å². The maximum atomic E-state index is 9.22. The summed E-state index contributed by atoms with van der Waals surface area (Å²) in [5.74, 6) is 0.657. The largest absolute Gasteiger partial charge is 0.412 e. The normalized spacial score (nSPS) is 11.7. The molecule has 0 saturated carbocycles. The van der Waals surface area contributed by atoms with E-state index >= 15 is 0 Å². The van der Waals surface area contributed by atoms with Crippen LogP contribution in [0, 0.1) is 17.2 Å². The molecule has 0 spiro atoms. The van der Waals surface area contributed by atoms with Gasteiger partial charge in [-0.3, -0.25) is 0 Å². The van der Waals surface area contributed by atoms with E-state index in [1.807, 2.05) is 36.8 Å². The van der Waals surface area contributed by atoms with E-state index in [1.165, 1.54) is 0 Å². The lowest BCUT2D eigenvalue weighted by atomic mass is 10.1. The Bertz CT molecular complexity index is 686. The number of nitriles is 1. The van der Waals surface area contributed by atoms with Crippen LogP contribution in [0.2, 0.25) is 19.1 Å². The second-order valence-corrected chi connectivity index (χ2v) is 11.1. The Morgan fingerprint density at radius 2 is 2.04 bits per heavy atom. The lowest BCUT2D eigenvalue weighted by molar-refractivity contribution is 0.281. The molecule has 0 atom stereocenters. The van der Waals surface area contributed by atoms with Gasteiger partial charge in [0, 0.05) is 0 Å². The average molecular weight is 328 g/mol. The van der Waals surface area contributed by atoms with E-state index in [0.29, 0.717) is 24.6 Å². The van der Waals surface area contributed by atoms with Gasteiger partial charge in [-0.05, 0) is 36.7 Å². The number of hydrogen-bond acceptors (Lipinski definition) is 3. The summed E-state index contributed by atoms with van der Waals surface area (Å²) in [4.78, 5) is 4.25. The fourth-order valence-electron chi connectivity index (χ4n) is 2.87. The van der Waals surface area contributed by atoms with Gasteiger partial charge in [-0.2, -0.15) is 5.26 Å². The number of benzene rings is 1. The van der Waals surface area contributed by atoms with E-state index in [0.717, 1.165) is 17.3 Å². The van der Waals surface area contributed by atoms with Gasteiger partial charge in [0.2, 0.25) is 0 Å².